The smallest absolute Gasteiger partial charge is 0.328 e. The first-order chi connectivity index (χ1) is 9.19. The van der Waals surface area contributed by atoms with Gasteiger partial charge < -0.3 is 21.1 Å². The average molecular weight is 285 g/mol. The highest BCUT2D eigenvalue weighted by Crippen LogP contribution is 2.16. The third-order valence-corrected chi connectivity index (χ3v) is 3.24. The summed E-state index contributed by atoms with van der Waals surface area (Å²) in [6.45, 7) is 6.98. The molecule has 3 atom stereocenters. The number of carbonyl (C=O) groups excluding carboxylic acids is 2. The Labute approximate surface area is 120 Å². The van der Waals surface area contributed by atoms with Crippen molar-refractivity contribution >= 4 is 12.0 Å². The molecule has 0 aliphatic heterocycles. The summed E-state index contributed by atoms with van der Waals surface area (Å²) in [5.74, 6) is -0.444. The van der Waals surface area contributed by atoms with Crippen molar-refractivity contribution in [3.63, 3.8) is 0 Å². The molecule has 116 valence electrons. The van der Waals surface area contributed by atoms with Gasteiger partial charge in [0.2, 0.25) is 0 Å². The van der Waals surface area contributed by atoms with Crippen LogP contribution in [0.4, 0.5) is 4.79 Å². The second kappa shape index (κ2) is 6.92. The lowest BCUT2D eigenvalue weighted by Gasteiger charge is -2.30. The fourth-order valence-corrected chi connectivity index (χ4v) is 2.19. The molecular formula is C14H27N3O3. The number of hydrogen-bond donors (Lipinski definition) is 3. The molecule has 1 aliphatic rings. The van der Waals surface area contributed by atoms with Gasteiger partial charge >= 0.3 is 12.0 Å². The molecule has 0 saturated heterocycles. The van der Waals surface area contributed by atoms with E-state index in [1.165, 1.54) is 0 Å². The van der Waals surface area contributed by atoms with E-state index >= 15 is 0 Å². The first-order valence-corrected chi connectivity index (χ1v) is 7.24. The molecule has 0 radical (unpaired) electrons. The van der Waals surface area contributed by atoms with Crippen molar-refractivity contribution in [1.82, 2.24) is 10.6 Å². The van der Waals surface area contributed by atoms with E-state index < -0.39 is 17.6 Å². The van der Waals surface area contributed by atoms with Crippen molar-refractivity contribution in [2.45, 2.75) is 77.1 Å². The summed E-state index contributed by atoms with van der Waals surface area (Å²) >= 11 is 0. The molecule has 1 saturated carbocycles. The summed E-state index contributed by atoms with van der Waals surface area (Å²) in [5.41, 5.74) is 5.41. The van der Waals surface area contributed by atoms with E-state index in [1.807, 2.05) is 0 Å². The lowest BCUT2D eigenvalue weighted by Crippen LogP contribution is -2.54. The maximum absolute atomic E-state index is 11.9. The van der Waals surface area contributed by atoms with Gasteiger partial charge in [0.1, 0.15) is 11.6 Å². The van der Waals surface area contributed by atoms with Crippen molar-refractivity contribution in [2.75, 3.05) is 0 Å². The van der Waals surface area contributed by atoms with Crippen LogP contribution in [0.3, 0.4) is 0 Å². The summed E-state index contributed by atoms with van der Waals surface area (Å²) in [6, 6.07) is -1.08. The van der Waals surface area contributed by atoms with Crippen LogP contribution in [0.5, 0.6) is 0 Å². The number of esters is 1. The number of hydrogen-bond acceptors (Lipinski definition) is 4. The second-order valence-corrected chi connectivity index (χ2v) is 6.43. The number of amides is 2. The third-order valence-electron chi connectivity index (χ3n) is 3.24. The van der Waals surface area contributed by atoms with Gasteiger partial charge in [-0.05, 0) is 40.5 Å². The highest BCUT2D eigenvalue weighted by molar-refractivity contribution is 5.83. The SMILES string of the molecule is C[C@H](NC(=O)N[C@@H]1CCCC[C@H]1N)C(=O)OC(C)(C)C. The zero-order valence-electron chi connectivity index (χ0n) is 12.9. The Morgan fingerprint density at radius 1 is 1.25 bits per heavy atom. The molecule has 0 aromatic rings. The molecule has 0 unspecified atom stereocenters. The number of carbonyl (C=O) groups is 2. The molecule has 0 spiro atoms. The molecule has 1 fully saturated rings. The van der Waals surface area contributed by atoms with E-state index in [0.717, 1.165) is 25.7 Å². The van der Waals surface area contributed by atoms with Gasteiger partial charge in [-0.2, -0.15) is 0 Å². The molecule has 6 nitrogen and oxygen atoms in total. The van der Waals surface area contributed by atoms with Crippen LogP contribution in [0.2, 0.25) is 0 Å². The Hall–Kier alpha value is -1.30. The molecule has 2 amide bonds. The Bertz CT molecular complexity index is 352. The lowest BCUT2D eigenvalue weighted by molar-refractivity contribution is -0.156. The molecule has 20 heavy (non-hydrogen) atoms. The van der Waals surface area contributed by atoms with Crippen LogP contribution in [0, 0.1) is 0 Å². The minimum atomic E-state index is -0.686. The van der Waals surface area contributed by atoms with Gasteiger partial charge in [0.05, 0.1) is 0 Å². The van der Waals surface area contributed by atoms with E-state index in [-0.39, 0.29) is 18.1 Å². The Morgan fingerprint density at radius 2 is 1.85 bits per heavy atom. The minimum Gasteiger partial charge on any atom is -0.458 e. The maximum atomic E-state index is 11.9. The molecule has 4 N–H and O–H groups in total. The van der Waals surface area contributed by atoms with Gasteiger partial charge in [-0.25, -0.2) is 9.59 Å². The van der Waals surface area contributed by atoms with Crippen molar-refractivity contribution in [1.29, 1.82) is 0 Å². The molecule has 0 aromatic carbocycles. The zero-order valence-corrected chi connectivity index (χ0v) is 12.9. The standard InChI is InChI=1S/C14H27N3O3/c1-9(12(18)20-14(2,3)4)16-13(19)17-11-8-6-5-7-10(11)15/h9-11H,5-8,15H2,1-4H3,(H2,16,17,19)/t9-,10+,11+/m0/s1. The van der Waals surface area contributed by atoms with Gasteiger partial charge in [-0.3, -0.25) is 0 Å². The first-order valence-electron chi connectivity index (χ1n) is 7.24. The monoisotopic (exact) mass is 285 g/mol. The molecule has 1 rings (SSSR count). The third kappa shape index (κ3) is 5.77. The molecule has 0 heterocycles. The van der Waals surface area contributed by atoms with E-state index in [4.69, 9.17) is 10.5 Å². The van der Waals surface area contributed by atoms with Crippen molar-refractivity contribution in [3.05, 3.63) is 0 Å². The summed E-state index contributed by atoms with van der Waals surface area (Å²) in [4.78, 5) is 23.6. The number of urea groups is 1. The average Bonchev–Trinajstić information content (AvgIpc) is 2.29. The Balaban J connectivity index is 2.39. The fraction of sp³-hybridized carbons (Fsp3) is 0.857. The van der Waals surface area contributed by atoms with Crippen LogP contribution in [0.15, 0.2) is 0 Å². The van der Waals surface area contributed by atoms with Crippen LogP contribution in [-0.4, -0.2) is 35.7 Å². The van der Waals surface area contributed by atoms with Crippen molar-refractivity contribution in [2.24, 2.45) is 5.73 Å². The fourth-order valence-electron chi connectivity index (χ4n) is 2.19. The number of ether oxygens (including phenoxy) is 1. The summed E-state index contributed by atoms with van der Waals surface area (Å²) in [6.07, 6.45) is 3.98. The topological polar surface area (TPSA) is 93.5 Å². The van der Waals surface area contributed by atoms with Crippen molar-refractivity contribution in [3.8, 4) is 0 Å². The summed E-state index contributed by atoms with van der Waals surface area (Å²) in [5, 5.41) is 5.42. The summed E-state index contributed by atoms with van der Waals surface area (Å²) in [7, 11) is 0. The molecule has 0 aromatic heterocycles. The molecule has 6 heteroatoms. The van der Waals surface area contributed by atoms with Gasteiger partial charge in [-0.15, -0.1) is 0 Å². The number of nitrogens with two attached hydrogens (primary N) is 1. The molecule has 1 aliphatic carbocycles. The lowest BCUT2D eigenvalue weighted by atomic mass is 9.91. The van der Waals surface area contributed by atoms with Gasteiger partial charge in [0, 0.05) is 12.1 Å². The normalized spacial score (nSPS) is 24.6. The van der Waals surface area contributed by atoms with Crippen LogP contribution >= 0.6 is 0 Å². The van der Waals surface area contributed by atoms with Gasteiger partial charge in [0.25, 0.3) is 0 Å². The van der Waals surface area contributed by atoms with Crippen LogP contribution < -0.4 is 16.4 Å². The Kier molecular flexibility index (Phi) is 5.80. The quantitative estimate of drug-likeness (QED) is 0.681. The van der Waals surface area contributed by atoms with Crippen LogP contribution in [0.1, 0.15) is 53.4 Å². The molecule has 0 bridgehead atoms. The first kappa shape index (κ1) is 16.8. The van der Waals surface area contributed by atoms with Gasteiger partial charge in [0.15, 0.2) is 0 Å². The summed E-state index contributed by atoms with van der Waals surface area (Å²) < 4.78 is 5.21. The predicted octanol–water partition coefficient (Wildman–Crippen LogP) is 1.29. The van der Waals surface area contributed by atoms with Crippen LogP contribution in [-0.2, 0) is 9.53 Å². The number of nitrogens with one attached hydrogen (secondary N) is 2. The number of rotatable bonds is 3. The van der Waals surface area contributed by atoms with Crippen LogP contribution in [0.25, 0.3) is 0 Å². The highest BCUT2D eigenvalue weighted by Gasteiger charge is 2.26. The minimum absolute atomic E-state index is 0.00803. The zero-order chi connectivity index (χ0) is 15.3. The highest BCUT2D eigenvalue weighted by atomic mass is 16.6. The van der Waals surface area contributed by atoms with E-state index in [0.29, 0.717) is 0 Å². The van der Waals surface area contributed by atoms with E-state index in [1.54, 1.807) is 27.7 Å². The van der Waals surface area contributed by atoms with E-state index in [2.05, 4.69) is 10.6 Å². The predicted molar refractivity (Wildman–Crippen MR) is 77.2 cm³/mol. The Morgan fingerprint density at radius 3 is 2.40 bits per heavy atom. The molecular weight excluding hydrogens is 258 g/mol. The van der Waals surface area contributed by atoms with Crippen molar-refractivity contribution < 1.29 is 14.3 Å². The second-order valence-electron chi connectivity index (χ2n) is 6.43. The largest absolute Gasteiger partial charge is 0.458 e. The maximum Gasteiger partial charge on any atom is 0.328 e. The van der Waals surface area contributed by atoms with Gasteiger partial charge in [-0.1, -0.05) is 12.8 Å². The van der Waals surface area contributed by atoms with E-state index in [9.17, 15) is 9.59 Å².